The summed E-state index contributed by atoms with van der Waals surface area (Å²) >= 11 is 0. The molecular formula is C9H6FN5O. The maximum absolute atomic E-state index is 12.5. The summed E-state index contributed by atoms with van der Waals surface area (Å²) in [5, 5.41) is 9.51. The predicted octanol–water partition coefficient (Wildman–Crippen LogP) is 0.658. The van der Waals surface area contributed by atoms with E-state index in [-0.39, 0.29) is 11.5 Å². The van der Waals surface area contributed by atoms with Crippen molar-refractivity contribution in [3.8, 4) is 0 Å². The maximum Gasteiger partial charge on any atom is 0.259 e. The van der Waals surface area contributed by atoms with Crippen LogP contribution in [0.4, 0.5) is 10.3 Å². The van der Waals surface area contributed by atoms with E-state index in [4.69, 9.17) is 0 Å². The number of anilines is 1. The third-order valence-corrected chi connectivity index (χ3v) is 1.70. The largest absolute Gasteiger partial charge is 0.289 e. The Kier molecular flexibility index (Phi) is 2.77. The van der Waals surface area contributed by atoms with Gasteiger partial charge in [-0.3, -0.25) is 10.1 Å². The zero-order valence-corrected chi connectivity index (χ0v) is 7.96. The number of hydrogen-bond acceptors (Lipinski definition) is 5. The summed E-state index contributed by atoms with van der Waals surface area (Å²) in [5.74, 6) is -1.04. The van der Waals surface area contributed by atoms with Gasteiger partial charge in [0, 0.05) is 6.20 Å². The van der Waals surface area contributed by atoms with Crippen molar-refractivity contribution < 1.29 is 9.18 Å². The van der Waals surface area contributed by atoms with Crippen molar-refractivity contribution in [3.05, 3.63) is 42.2 Å². The zero-order chi connectivity index (χ0) is 11.4. The minimum absolute atomic E-state index is 0.0804. The molecule has 0 saturated carbocycles. The maximum atomic E-state index is 12.5. The van der Waals surface area contributed by atoms with E-state index in [1.54, 1.807) is 0 Å². The minimum Gasteiger partial charge on any atom is -0.289 e. The van der Waals surface area contributed by atoms with Crippen molar-refractivity contribution in [3.63, 3.8) is 0 Å². The lowest BCUT2D eigenvalue weighted by atomic mass is 10.3. The summed E-state index contributed by atoms with van der Waals surface area (Å²) in [6.07, 6.45) is 3.90. The second-order valence-electron chi connectivity index (χ2n) is 2.79. The molecule has 16 heavy (non-hydrogen) atoms. The van der Waals surface area contributed by atoms with Gasteiger partial charge in [-0.15, -0.1) is 5.10 Å². The van der Waals surface area contributed by atoms with Gasteiger partial charge in [0.2, 0.25) is 11.9 Å². The first kappa shape index (κ1) is 10.1. The fraction of sp³-hybridized carbons (Fsp3) is 0. The molecule has 1 amide bonds. The average molecular weight is 219 g/mol. The molecule has 0 saturated heterocycles. The van der Waals surface area contributed by atoms with Crippen LogP contribution in [0, 0.1) is 5.95 Å². The van der Waals surface area contributed by atoms with E-state index >= 15 is 0 Å². The highest BCUT2D eigenvalue weighted by molar-refractivity contribution is 6.02. The van der Waals surface area contributed by atoms with E-state index in [2.05, 4.69) is 25.5 Å². The average Bonchev–Trinajstić information content (AvgIpc) is 2.31. The van der Waals surface area contributed by atoms with Crippen molar-refractivity contribution in [2.45, 2.75) is 0 Å². The van der Waals surface area contributed by atoms with Crippen LogP contribution in [0.1, 0.15) is 10.4 Å². The van der Waals surface area contributed by atoms with Gasteiger partial charge in [0.05, 0.1) is 18.0 Å². The molecule has 2 aromatic rings. The second-order valence-corrected chi connectivity index (χ2v) is 2.79. The first-order valence-corrected chi connectivity index (χ1v) is 4.32. The van der Waals surface area contributed by atoms with Crippen molar-refractivity contribution in [1.82, 2.24) is 20.2 Å². The normalized spacial score (nSPS) is 9.81. The Bertz CT molecular complexity index is 487. The lowest BCUT2D eigenvalue weighted by Gasteiger charge is -2.01. The van der Waals surface area contributed by atoms with Crippen LogP contribution in [0.25, 0.3) is 0 Å². The fourth-order valence-corrected chi connectivity index (χ4v) is 0.989. The van der Waals surface area contributed by atoms with Crippen molar-refractivity contribution in [1.29, 1.82) is 0 Å². The highest BCUT2D eigenvalue weighted by atomic mass is 19.1. The van der Waals surface area contributed by atoms with Gasteiger partial charge in [0.1, 0.15) is 0 Å². The Balaban J connectivity index is 2.12. The zero-order valence-electron chi connectivity index (χ0n) is 7.96. The van der Waals surface area contributed by atoms with Crippen molar-refractivity contribution in [2.75, 3.05) is 5.32 Å². The van der Waals surface area contributed by atoms with Crippen LogP contribution < -0.4 is 5.32 Å². The number of carbonyl (C=O) groups is 1. The quantitative estimate of drug-likeness (QED) is 0.750. The van der Waals surface area contributed by atoms with Crippen LogP contribution in [0.15, 0.2) is 30.7 Å². The van der Waals surface area contributed by atoms with Crippen molar-refractivity contribution in [2.24, 2.45) is 0 Å². The molecular weight excluding hydrogens is 213 g/mol. The van der Waals surface area contributed by atoms with Crippen LogP contribution >= 0.6 is 0 Å². The molecule has 0 aliphatic heterocycles. The predicted molar refractivity (Wildman–Crippen MR) is 52.0 cm³/mol. The molecule has 0 bridgehead atoms. The second kappa shape index (κ2) is 4.39. The van der Waals surface area contributed by atoms with Crippen LogP contribution in [0.2, 0.25) is 0 Å². The summed E-state index contributed by atoms with van der Waals surface area (Å²) in [6, 6.07) is 2.41. The Hall–Kier alpha value is -2.44. The molecule has 2 heterocycles. The van der Waals surface area contributed by atoms with Gasteiger partial charge in [-0.25, -0.2) is 9.97 Å². The topological polar surface area (TPSA) is 80.7 Å². The minimum atomic E-state index is -0.644. The standard InChI is InChI=1S/C9H6FN5O/c10-7-2-1-6(5-12-7)8(16)14-9-11-3-4-13-15-9/h1-5H,(H,11,14,15,16). The molecule has 0 aliphatic rings. The molecule has 0 spiro atoms. The monoisotopic (exact) mass is 219 g/mol. The van der Waals surface area contributed by atoms with E-state index in [0.29, 0.717) is 0 Å². The third-order valence-electron chi connectivity index (χ3n) is 1.70. The Morgan fingerprint density at radius 2 is 2.12 bits per heavy atom. The van der Waals surface area contributed by atoms with E-state index in [1.165, 1.54) is 18.5 Å². The Labute approximate surface area is 89.6 Å². The molecule has 6 nitrogen and oxygen atoms in total. The lowest BCUT2D eigenvalue weighted by Crippen LogP contribution is -2.14. The van der Waals surface area contributed by atoms with E-state index in [9.17, 15) is 9.18 Å². The molecule has 0 atom stereocenters. The Morgan fingerprint density at radius 1 is 1.25 bits per heavy atom. The molecule has 0 radical (unpaired) electrons. The van der Waals surface area contributed by atoms with E-state index in [1.807, 2.05) is 0 Å². The highest BCUT2D eigenvalue weighted by Gasteiger charge is 2.07. The number of amides is 1. The molecule has 2 rings (SSSR count). The molecule has 1 N–H and O–H groups in total. The number of pyridine rings is 1. The van der Waals surface area contributed by atoms with Gasteiger partial charge in [0.15, 0.2) is 0 Å². The molecule has 0 aromatic carbocycles. The smallest absolute Gasteiger partial charge is 0.259 e. The third kappa shape index (κ3) is 2.32. The molecule has 2 aromatic heterocycles. The van der Waals surface area contributed by atoms with Gasteiger partial charge in [-0.05, 0) is 12.1 Å². The van der Waals surface area contributed by atoms with Crippen LogP contribution in [0.3, 0.4) is 0 Å². The Morgan fingerprint density at radius 3 is 2.75 bits per heavy atom. The number of rotatable bonds is 2. The fourth-order valence-electron chi connectivity index (χ4n) is 0.989. The SMILES string of the molecule is O=C(Nc1nccnn1)c1ccc(F)nc1. The molecule has 0 unspecified atom stereocenters. The number of hydrogen-bond donors (Lipinski definition) is 1. The van der Waals surface area contributed by atoms with Crippen molar-refractivity contribution >= 4 is 11.9 Å². The number of aromatic nitrogens is 4. The summed E-state index contributed by atoms with van der Waals surface area (Å²) < 4.78 is 12.5. The highest BCUT2D eigenvalue weighted by Crippen LogP contribution is 2.02. The molecule has 0 fully saturated rings. The molecule has 7 heteroatoms. The van der Waals surface area contributed by atoms with Crippen LogP contribution in [-0.4, -0.2) is 26.1 Å². The summed E-state index contributed by atoms with van der Waals surface area (Å²) in [7, 11) is 0. The van der Waals surface area contributed by atoms with Crippen LogP contribution in [0.5, 0.6) is 0 Å². The molecule has 0 aliphatic carbocycles. The number of nitrogens with one attached hydrogen (secondary N) is 1. The molecule has 80 valence electrons. The van der Waals surface area contributed by atoms with Gasteiger partial charge in [-0.1, -0.05) is 0 Å². The van der Waals surface area contributed by atoms with Gasteiger partial charge in [0.25, 0.3) is 5.91 Å². The number of nitrogens with zero attached hydrogens (tertiary/aromatic N) is 4. The lowest BCUT2D eigenvalue weighted by molar-refractivity contribution is 0.102. The number of carbonyl (C=O) groups excluding carboxylic acids is 1. The van der Waals surface area contributed by atoms with E-state index < -0.39 is 11.9 Å². The van der Waals surface area contributed by atoms with Gasteiger partial charge < -0.3 is 0 Å². The van der Waals surface area contributed by atoms with Gasteiger partial charge >= 0.3 is 0 Å². The van der Waals surface area contributed by atoms with E-state index in [0.717, 1.165) is 12.3 Å². The van der Waals surface area contributed by atoms with Crippen LogP contribution in [-0.2, 0) is 0 Å². The summed E-state index contributed by atoms with van der Waals surface area (Å²) in [4.78, 5) is 18.7. The van der Waals surface area contributed by atoms with Gasteiger partial charge in [-0.2, -0.15) is 9.49 Å². The first-order chi connectivity index (χ1) is 7.75. The first-order valence-electron chi connectivity index (χ1n) is 4.32. The number of halogens is 1. The summed E-state index contributed by atoms with van der Waals surface area (Å²) in [6.45, 7) is 0. The summed E-state index contributed by atoms with van der Waals surface area (Å²) in [5.41, 5.74) is 0.217.